The summed E-state index contributed by atoms with van der Waals surface area (Å²) in [6, 6.07) is 14.7. The van der Waals surface area contributed by atoms with Gasteiger partial charge in [0.1, 0.15) is 5.75 Å². The second kappa shape index (κ2) is 9.08. The van der Waals surface area contributed by atoms with Crippen LogP contribution < -0.4 is 15.4 Å². The smallest absolute Gasteiger partial charge is 0.243 e. The molecule has 0 spiro atoms. The van der Waals surface area contributed by atoms with Gasteiger partial charge in [0.2, 0.25) is 11.8 Å². The average molecular weight is 391 g/mol. The van der Waals surface area contributed by atoms with Gasteiger partial charge in [-0.15, -0.1) is 0 Å². The fraction of sp³-hybridized carbons (Fsp3) is 0.222. The molecule has 5 nitrogen and oxygen atoms in total. The number of hydrogen-bond acceptors (Lipinski definition) is 3. The maximum Gasteiger partial charge on any atom is 0.243 e. The minimum atomic E-state index is -0.301. The van der Waals surface area contributed by atoms with E-state index in [9.17, 15) is 9.59 Å². The molecule has 0 atom stereocenters. The van der Waals surface area contributed by atoms with E-state index >= 15 is 0 Å². The summed E-state index contributed by atoms with van der Waals surface area (Å²) < 4.78 is 6.36. The maximum absolute atomic E-state index is 12.0. The molecule has 0 saturated heterocycles. The van der Waals surface area contributed by atoms with Gasteiger partial charge in [-0.1, -0.05) is 40.2 Å². The Morgan fingerprint density at radius 3 is 2.62 bits per heavy atom. The number of halogens is 1. The summed E-state index contributed by atoms with van der Waals surface area (Å²) in [5.74, 6) is 0.0971. The lowest BCUT2D eigenvalue weighted by Crippen LogP contribution is -2.33. The molecule has 24 heavy (non-hydrogen) atoms. The summed E-state index contributed by atoms with van der Waals surface area (Å²) in [5, 5.41) is 5.35. The van der Waals surface area contributed by atoms with Crippen LogP contribution in [0, 0.1) is 0 Å². The Morgan fingerprint density at radius 1 is 1.08 bits per heavy atom. The van der Waals surface area contributed by atoms with Crippen molar-refractivity contribution in [2.45, 2.75) is 13.3 Å². The van der Waals surface area contributed by atoms with Crippen molar-refractivity contribution in [2.24, 2.45) is 0 Å². The molecule has 0 bridgehead atoms. The van der Waals surface area contributed by atoms with Gasteiger partial charge in [0.25, 0.3) is 0 Å². The normalized spacial score (nSPS) is 10.1. The second-order valence-electron chi connectivity index (χ2n) is 5.06. The lowest BCUT2D eigenvalue weighted by Gasteiger charge is -2.11. The first-order chi connectivity index (χ1) is 11.6. The zero-order valence-electron chi connectivity index (χ0n) is 13.3. The molecule has 2 aromatic rings. The molecule has 0 unspecified atom stereocenters. The number of carbonyl (C=O) groups excluding carboxylic acids is 2. The van der Waals surface area contributed by atoms with E-state index in [4.69, 9.17) is 4.74 Å². The predicted octanol–water partition coefficient (Wildman–Crippen LogP) is 3.15. The summed E-state index contributed by atoms with van der Waals surface area (Å²) in [7, 11) is 0. The van der Waals surface area contributed by atoms with E-state index in [1.165, 1.54) is 0 Å². The molecular formula is C18H19BrN2O3. The van der Waals surface area contributed by atoms with Gasteiger partial charge in [-0.2, -0.15) is 0 Å². The highest BCUT2D eigenvalue weighted by Gasteiger charge is 2.09. The van der Waals surface area contributed by atoms with Gasteiger partial charge >= 0.3 is 0 Å². The Labute approximate surface area is 149 Å². The molecule has 2 aromatic carbocycles. The summed E-state index contributed by atoms with van der Waals surface area (Å²) in [6.07, 6.45) is 0.224. The Bertz CT molecular complexity index is 719. The fourth-order valence-corrected chi connectivity index (χ4v) is 2.57. The van der Waals surface area contributed by atoms with Crippen LogP contribution in [0.4, 0.5) is 5.69 Å². The van der Waals surface area contributed by atoms with Gasteiger partial charge in [0.15, 0.2) is 0 Å². The molecule has 0 saturated carbocycles. The van der Waals surface area contributed by atoms with Crippen LogP contribution in [0.25, 0.3) is 0 Å². The van der Waals surface area contributed by atoms with E-state index in [-0.39, 0.29) is 24.8 Å². The van der Waals surface area contributed by atoms with E-state index in [1.807, 2.05) is 43.3 Å². The maximum atomic E-state index is 12.0. The van der Waals surface area contributed by atoms with E-state index < -0.39 is 0 Å². The summed E-state index contributed by atoms with van der Waals surface area (Å²) >= 11 is 3.36. The fourth-order valence-electron chi connectivity index (χ4n) is 2.12. The van der Waals surface area contributed by atoms with Crippen LogP contribution in [0.3, 0.4) is 0 Å². The molecule has 0 aliphatic rings. The molecule has 126 valence electrons. The summed E-state index contributed by atoms with van der Waals surface area (Å²) in [5.41, 5.74) is 1.47. The number of ether oxygens (including phenoxy) is 1. The van der Waals surface area contributed by atoms with Gasteiger partial charge in [-0.3, -0.25) is 9.59 Å². The monoisotopic (exact) mass is 390 g/mol. The van der Waals surface area contributed by atoms with Crippen molar-refractivity contribution < 1.29 is 14.3 Å². The standard InChI is InChI=1S/C18H19BrN2O3/c1-2-24-16-9-4-3-8-15(16)21-18(23)12-20-17(22)11-13-6-5-7-14(19)10-13/h3-10H,2,11-12H2,1H3,(H,20,22)(H,21,23). The first kappa shape index (κ1) is 18.0. The first-order valence-electron chi connectivity index (χ1n) is 7.61. The molecular weight excluding hydrogens is 372 g/mol. The molecule has 0 aromatic heterocycles. The van der Waals surface area contributed by atoms with Crippen molar-refractivity contribution >= 4 is 33.4 Å². The molecule has 0 aliphatic carbocycles. The highest BCUT2D eigenvalue weighted by atomic mass is 79.9. The van der Waals surface area contributed by atoms with Crippen LogP contribution in [0.2, 0.25) is 0 Å². The molecule has 0 aliphatic heterocycles. The molecule has 0 fully saturated rings. The third kappa shape index (κ3) is 5.70. The van der Waals surface area contributed by atoms with Crippen molar-refractivity contribution in [1.82, 2.24) is 5.32 Å². The third-order valence-electron chi connectivity index (χ3n) is 3.16. The summed E-state index contributed by atoms with van der Waals surface area (Å²) in [6.45, 7) is 2.30. The molecule has 2 rings (SSSR count). The number of para-hydroxylation sites is 2. The van der Waals surface area contributed by atoms with Crippen molar-refractivity contribution in [3.8, 4) is 5.75 Å². The lowest BCUT2D eigenvalue weighted by atomic mass is 10.1. The van der Waals surface area contributed by atoms with Crippen molar-refractivity contribution in [2.75, 3.05) is 18.5 Å². The molecule has 0 heterocycles. The Hall–Kier alpha value is -2.34. The molecule has 2 N–H and O–H groups in total. The van der Waals surface area contributed by atoms with Crippen molar-refractivity contribution in [3.05, 3.63) is 58.6 Å². The van der Waals surface area contributed by atoms with Crippen molar-refractivity contribution in [3.63, 3.8) is 0 Å². The highest BCUT2D eigenvalue weighted by molar-refractivity contribution is 9.10. The Balaban J connectivity index is 1.84. The van der Waals surface area contributed by atoms with Crippen LogP contribution in [-0.2, 0) is 16.0 Å². The van der Waals surface area contributed by atoms with Gasteiger partial charge < -0.3 is 15.4 Å². The zero-order chi connectivity index (χ0) is 17.4. The predicted molar refractivity (Wildman–Crippen MR) is 97.1 cm³/mol. The van der Waals surface area contributed by atoms with Gasteiger partial charge in [-0.25, -0.2) is 0 Å². The molecule has 0 radical (unpaired) electrons. The first-order valence-corrected chi connectivity index (χ1v) is 8.40. The third-order valence-corrected chi connectivity index (χ3v) is 3.65. The van der Waals surface area contributed by atoms with Gasteiger partial charge in [0, 0.05) is 4.47 Å². The Morgan fingerprint density at radius 2 is 1.88 bits per heavy atom. The summed E-state index contributed by atoms with van der Waals surface area (Å²) in [4.78, 5) is 23.9. The van der Waals surface area contributed by atoms with Gasteiger partial charge in [0.05, 0.1) is 25.3 Å². The minimum Gasteiger partial charge on any atom is -0.492 e. The number of amides is 2. The van der Waals surface area contributed by atoms with Crippen LogP contribution in [0.15, 0.2) is 53.0 Å². The molecule has 6 heteroatoms. The average Bonchev–Trinajstić information content (AvgIpc) is 2.55. The molecule has 2 amide bonds. The van der Waals surface area contributed by atoms with Crippen LogP contribution in [0.5, 0.6) is 5.75 Å². The number of hydrogen-bond donors (Lipinski definition) is 2. The largest absolute Gasteiger partial charge is 0.492 e. The lowest BCUT2D eigenvalue weighted by molar-refractivity contribution is -0.123. The van der Waals surface area contributed by atoms with Gasteiger partial charge in [-0.05, 0) is 36.8 Å². The number of benzene rings is 2. The SMILES string of the molecule is CCOc1ccccc1NC(=O)CNC(=O)Cc1cccc(Br)c1. The van der Waals surface area contributed by atoms with Crippen LogP contribution in [0.1, 0.15) is 12.5 Å². The van der Waals surface area contributed by atoms with E-state index in [1.54, 1.807) is 12.1 Å². The second-order valence-corrected chi connectivity index (χ2v) is 5.98. The van der Waals surface area contributed by atoms with E-state index in [0.717, 1.165) is 10.0 Å². The zero-order valence-corrected chi connectivity index (χ0v) is 14.9. The number of carbonyl (C=O) groups is 2. The van der Waals surface area contributed by atoms with E-state index in [0.29, 0.717) is 18.0 Å². The van der Waals surface area contributed by atoms with E-state index in [2.05, 4.69) is 26.6 Å². The Kier molecular flexibility index (Phi) is 6.81. The van der Waals surface area contributed by atoms with Crippen molar-refractivity contribution in [1.29, 1.82) is 0 Å². The quantitative estimate of drug-likeness (QED) is 0.762. The highest BCUT2D eigenvalue weighted by Crippen LogP contribution is 2.23. The number of anilines is 1. The number of rotatable bonds is 7. The minimum absolute atomic E-state index is 0.0900. The topological polar surface area (TPSA) is 67.4 Å². The van der Waals surface area contributed by atoms with Crippen LogP contribution in [-0.4, -0.2) is 25.0 Å². The van der Waals surface area contributed by atoms with Crippen LogP contribution >= 0.6 is 15.9 Å². The number of nitrogens with one attached hydrogen (secondary N) is 2.